The summed E-state index contributed by atoms with van der Waals surface area (Å²) in [5.41, 5.74) is 1.44. The van der Waals surface area contributed by atoms with Crippen LogP contribution in [0.1, 0.15) is 42.1 Å². The average Bonchev–Trinajstić information content (AvgIpc) is 3.17. The maximum Gasteiger partial charge on any atom is 0.335 e. The van der Waals surface area contributed by atoms with Crippen LogP contribution in [0.3, 0.4) is 0 Å². The maximum atomic E-state index is 13.0. The Morgan fingerprint density at radius 3 is 2.49 bits per heavy atom. The number of aromatic carboxylic acids is 1. The number of hydrogen-bond donors (Lipinski definition) is 3. The van der Waals surface area contributed by atoms with E-state index in [0.29, 0.717) is 22.6 Å². The van der Waals surface area contributed by atoms with Gasteiger partial charge >= 0.3 is 11.9 Å². The Kier molecular flexibility index (Phi) is 7.86. The number of carbonyl (C=O) groups is 2. The minimum absolute atomic E-state index is 0.0785. The predicted molar refractivity (Wildman–Crippen MR) is 137 cm³/mol. The van der Waals surface area contributed by atoms with E-state index in [0.717, 1.165) is 24.9 Å². The van der Waals surface area contributed by atoms with Crippen LogP contribution in [0.5, 0.6) is 5.75 Å². The SMILES string of the molecule is CC#CCOc1ccc(S(=O)(=O)N[C@@H](Cc2cn(CC3CCC3)c3ccc(C(=O)O)cc23)C(=O)O)cc1. The molecule has 2 aromatic carbocycles. The van der Waals surface area contributed by atoms with Crippen LogP contribution in [-0.4, -0.2) is 47.8 Å². The number of hydrogen-bond acceptors (Lipinski definition) is 5. The molecule has 0 saturated heterocycles. The number of aliphatic carboxylic acids is 1. The van der Waals surface area contributed by atoms with Crippen molar-refractivity contribution in [1.82, 2.24) is 9.29 Å². The number of fused-ring (bicyclic) bond motifs is 1. The first-order chi connectivity index (χ1) is 17.7. The van der Waals surface area contributed by atoms with Gasteiger partial charge in [-0.3, -0.25) is 4.79 Å². The summed E-state index contributed by atoms with van der Waals surface area (Å²) in [5.74, 6) is 3.95. The highest BCUT2D eigenvalue weighted by Crippen LogP contribution is 2.31. The number of aromatic nitrogens is 1. The lowest BCUT2D eigenvalue weighted by Gasteiger charge is -2.26. The molecule has 0 radical (unpaired) electrons. The number of sulfonamides is 1. The summed E-state index contributed by atoms with van der Waals surface area (Å²) in [6.45, 7) is 2.59. The van der Waals surface area contributed by atoms with Crippen LogP contribution in [0.15, 0.2) is 53.6 Å². The van der Waals surface area contributed by atoms with Gasteiger partial charge in [0.1, 0.15) is 18.4 Å². The molecule has 1 saturated carbocycles. The predicted octanol–water partition coefficient (Wildman–Crippen LogP) is 3.52. The second-order valence-corrected chi connectivity index (χ2v) is 10.8. The quantitative estimate of drug-likeness (QED) is 0.327. The molecular weight excluding hydrogens is 496 g/mol. The zero-order chi connectivity index (χ0) is 26.6. The summed E-state index contributed by atoms with van der Waals surface area (Å²) < 4.78 is 35.7. The van der Waals surface area contributed by atoms with Crippen LogP contribution in [0.4, 0.5) is 0 Å². The van der Waals surface area contributed by atoms with Crippen LogP contribution in [-0.2, 0) is 27.8 Å². The third-order valence-corrected chi connectivity index (χ3v) is 8.02. The van der Waals surface area contributed by atoms with E-state index < -0.39 is 28.0 Å². The molecule has 1 aliphatic rings. The molecule has 0 bridgehead atoms. The second kappa shape index (κ2) is 11.1. The lowest BCUT2D eigenvalue weighted by atomic mass is 9.85. The van der Waals surface area contributed by atoms with E-state index in [1.54, 1.807) is 13.0 Å². The van der Waals surface area contributed by atoms with Gasteiger partial charge in [-0.15, -0.1) is 5.92 Å². The molecule has 1 fully saturated rings. The Morgan fingerprint density at radius 1 is 1.16 bits per heavy atom. The van der Waals surface area contributed by atoms with E-state index in [-0.39, 0.29) is 23.5 Å². The molecule has 1 aliphatic carbocycles. The number of nitrogens with zero attached hydrogens (tertiary/aromatic N) is 1. The highest BCUT2D eigenvalue weighted by molar-refractivity contribution is 7.89. The molecule has 10 heteroatoms. The Labute approximate surface area is 215 Å². The molecule has 37 heavy (non-hydrogen) atoms. The fraction of sp³-hybridized carbons (Fsp3) is 0.333. The molecule has 0 amide bonds. The Bertz CT molecular complexity index is 1480. The van der Waals surface area contributed by atoms with Gasteiger partial charge in [-0.25, -0.2) is 13.2 Å². The van der Waals surface area contributed by atoms with Crippen LogP contribution >= 0.6 is 0 Å². The number of rotatable bonds is 11. The fourth-order valence-electron chi connectivity index (χ4n) is 4.33. The van der Waals surface area contributed by atoms with Gasteiger partial charge in [0.15, 0.2) is 0 Å². The smallest absolute Gasteiger partial charge is 0.335 e. The first kappa shape index (κ1) is 26.3. The number of nitrogens with one attached hydrogen (secondary N) is 1. The van der Waals surface area contributed by atoms with Gasteiger partial charge in [0, 0.05) is 30.1 Å². The van der Waals surface area contributed by atoms with Crippen molar-refractivity contribution < 1.29 is 33.0 Å². The molecule has 194 valence electrons. The van der Waals surface area contributed by atoms with E-state index >= 15 is 0 Å². The van der Waals surface area contributed by atoms with Gasteiger partial charge in [-0.05, 0) is 73.7 Å². The van der Waals surface area contributed by atoms with Crippen LogP contribution in [0.2, 0.25) is 0 Å². The van der Waals surface area contributed by atoms with Crippen LogP contribution in [0.25, 0.3) is 10.9 Å². The molecule has 3 N–H and O–H groups in total. The Hall–Kier alpha value is -3.81. The lowest BCUT2D eigenvalue weighted by molar-refractivity contribution is -0.138. The van der Waals surface area contributed by atoms with Crippen molar-refractivity contribution in [3.63, 3.8) is 0 Å². The van der Waals surface area contributed by atoms with Crippen molar-refractivity contribution in [2.24, 2.45) is 5.92 Å². The molecule has 9 nitrogen and oxygen atoms in total. The van der Waals surface area contributed by atoms with E-state index in [9.17, 15) is 28.2 Å². The summed E-state index contributed by atoms with van der Waals surface area (Å²) in [4.78, 5) is 23.6. The van der Waals surface area contributed by atoms with Crippen molar-refractivity contribution in [1.29, 1.82) is 0 Å². The first-order valence-corrected chi connectivity index (χ1v) is 13.4. The minimum Gasteiger partial charge on any atom is -0.481 e. The molecule has 0 unspecified atom stereocenters. The van der Waals surface area contributed by atoms with Crippen molar-refractivity contribution in [3.05, 3.63) is 59.8 Å². The van der Waals surface area contributed by atoms with E-state index in [2.05, 4.69) is 16.6 Å². The van der Waals surface area contributed by atoms with Gasteiger partial charge in [0.2, 0.25) is 10.0 Å². The van der Waals surface area contributed by atoms with Crippen molar-refractivity contribution in [2.75, 3.05) is 6.61 Å². The maximum absolute atomic E-state index is 13.0. The van der Waals surface area contributed by atoms with Gasteiger partial charge in [-0.2, -0.15) is 4.72 Å². The summed E-state index contributed by atoms with van der Waals surface area (Å²) in [6, 6.07) is 8.91. The van der Waals surface area contributed by atoms with E-state index in [1.807, 2.05) is 10.8 Å². The molecule has 1 heterocycles. The van der Waals surface area contributed by atoms with Crippen molar-refractivity contribution in [2.45, 2.75) is 50.1 Å². The summed E-state index contributed by atoms with van der Waals surface area (Å²) in [5, 5.41) is 19.9. The molecule has 4 rings (SSSR count). The highest BCUT2D eigenvalue weighted by Gasteiger charge is 2.28. The topological polar surface area (TPSA) is 135 Å². The van der Waals surface area contributed by atoms with Gasteiger partial charge in [0.05, 0.1) is 10.5 Å². The summed E-state index contributed by atoms with van der Waals surface area (Å²) in [7, 11) is -4.16. The van der Waals surface area contributed by atoms with E-state index in [4.69, 9.17) is 4.74 Å². The zero-order valence-corrected chi connectivity index (χ0v) is 21.1. The molecular formula is C27H28N2O7S. The standard InChI is InChI=1S/C27H28N2O7S/c1-2-3-13-36-21-8-10-22(11-9-21)37(34,35)28-24(27(32)33)15-20-17-29(16-18-5-4-6-18)25-12-7-19(26(30)31)14-23(20)25/h7-12,14,17-18,24,28H,4-6,13,15-16H2,1H3,(H,30,31)(H,32,33)/t24-/m0/s1. The van der Waals surface area contributed by atoms with Crippen LogP contribution in [0, 0.1) is 17.8 Å². The molecule has 1 aromatic heterocycles. The van der Waals surface area contributed by atoms with Crippen molar-refractivity contribution >= 4 is 32.9 Å². The largest absolute Gasteiger partial charge is 0.481 e. The number of benzene rings is 2. The fourth-order valence-corrected chi connectivity index (χ4v) is 5.52. The third kappa shape index (κ3) is 6.13. The number of carboxylic acid groups (broad SMARTS) is 2. The normalized spacial score (nSPS) is 14.4. The Balaban J connectivity index is 1.59. The second-order valence-electron chi connectivity index (χ2n) is 9.04. The molecule has 3 aromatic rings. The summed E-state index contributed by atoms with van der Waals surface area (Å²) in [6.07, 6.45) is 5.04. The minimum atomic E-state index is -4.16. The number of ether oxygens (including phenoxy) is 1. The zero-order valence-electron chi connectivity index (χ0n) is 20.3. The van der Waals surface area contributed by atoms with E-state index in [1.165, 1.54) is 42.8 Å². The van der Waals surface area contributed by atoms with Crippen LogP contribution < -0.4 is 9.46 Å². The monoisotopic (exact) mass is 524 g/mol. The summed E-state index contributed by atoms with van der Waals surface area (Å²) >= 11 is 0. The highest BCUT2D eigenvalue weighted by atomic mass is 32.2. The average molecular weight is 525 g/mol. The Morgan fingerprint density at radius 2 is 1.89 bits per heavy atom. The molecule has 0 spiro atoms. The third-order valence-electron chi connectivity index (χ3n) is 6.53. The lowest BCUT2D eigenvalue weighted by Crippen LogP contribution is -2.42. The van der Waals surface area contributed by atoms with Gasteiger partial charge < -0.3 is 19.5 Å². The van der Waals surface area contributed by atoms with Gasteiger partial charge in [0.25, 0.3) is 0 Å². The number of carboxylic acids is 2. The van der Waals surface area contributed by atoms with Crippen molar-refractivity contribution in [3.8, 4) is 17.6 Å². The molecule has 0 aliphatic heterocycles. The van der Waals surface area contributed by atoms with Gasteiger partial charge in [-0.1, -0.05) is 12.3 Å². The molecule has 1 atom stereocenters. The first-order valence-electron chi connectivity index (χ1n) is 11.9.